The van der Waals surface area contributed by atoms with E-state index in [1.807, 2.05) is 0 Å². The van der Waals surface area contributed by atoms with E-state index in [1.54, 1.807) is 0 Å². The van der Waals surface area contributed by atoms with Crippen LogP contribution in [0.1, 0.15) is 12.8 Å². The highest BCUT2D eigenvalue weighted by Crippen LogP contribution is 2.23. The molecule has 2 rings (SSSR count). The molecule has 0 radical (unpaired) electrons. The molecule has 1 aliphatic rings. The van der Waals surface area contributed by atoms with Gasteiger partial charge in [-0.15, -0.1) is 5.06 Å². The van der Waals surface area contributed by atoms with Gasteiger partial charge in [0.1, 0.15) is 5.82 Å². The van der Waals surface area contributed by atoms with Gasteiger partial charge < -0.3 is 10.2 Å². The van der Waals surface area contributed by atoms with Gasteiger partial charge in [-0.05, 0) is 31.0 Å². The first-order valence-electron chi connectivity index (χ1n) is 6.51. The summed E-state index contributed by atoms with van der Waals surface area (Å²) in [5.74, 6) is -2.74. The molecule has 0 bridgehead atoms. The highest BCUT2D eigenvalue weighted by molar-refractivity contribution is 6.30. The summed E-state index contributed by atoms with van der Waals surface area (Å²) >= 11 is 5.65. The van der Waals surface area contributed by atoms with Crippen LogP contribution in [-0.2, 0) is 9.63 Å². The molecule has 0 aromatic heterocycles. The molecule has 1 heterocycles. The number of anilines is 1. The second kappa shape index (κ2) is 6.70. The van der Waals surface area contributed by atoms with Crippen molar-refractivity contribution in [1.82, 2.24) is 5.06 Å². The third-order valence-electron chi connectivity index (χ3n) is 3.19. The predicted octanol–water partition coefficient (Wildman–Crippen LogP) is 3.38. The number of piperidine rings is 1. The predicted molar refractivity (Wildman–Crippen MR) is 71.8 cm³/mol. The maximum absolute atomic E-state index is 13.6. The van der Waals surface area contributed by atoms with Crippen molar-refractivity contribution in [2.24, 2.45) is 0 Å². The maximum atomic E-state index is 13.6. The zero-order valence-corrected chi connectivity index (χ0v) is 12.0. The van der Waals surface area contributed by atoms with Crippen LogP contribution in [0.15, 0.2) is 18.2 Å². The third kappa shape index (κ3) is 4.48. The van der Waals surface area contributed by atoms with E-state index in [4.69, 9.17) is 11.6 Å². The molecule has 1 fully saturated rings. The van der Waals surface area contributed by atoms with E-state index < -0.39 is 18.0 Å². The summed E-state index contributed by atoms with van der Waals surface area (Å²) < 4.78 is 49.9. The summed E-state index contributed by atoms with van der Waals surface area (Å²) in [6.45, 7) is 0.267. The number of nitrogens with one attached hydrogen (secondary N) is 1. The minimum atomic E-state index is -5.01. The molecular formula is C13H13ClF4N2O2. The minimum absolute atomic E-state index is 0.128. The Labute approximate surface area is 128 Å². The Morgan fingerprint density at radius 2 is 1.95 bits per heavy atom. The smallest absolute Gasteiger partial charge is 0.380 e. The average molecular weight is 341 g/mol. The fourth-order valence-electron chi connectivity index (χ4n) is 2.09. The number of hydroxylamine groups is 2. The van der Waals surface area contributed by atoms with Crippen LogP contribution in [0.4, 0.5) is 23.2 Å². The number of halogens is 5. The number of benzene rings is 1. The van der Waals surface area contributed by atoms with Crippen LogP contribution in [0.25, 0.3) is 0 Å². The van der Waals surface area contributed by atoms with Crippen molar-refractivity contribution < 1.29 is 27.2 Å². The number of hydrogen-bond donors (Lipinski definition) is 1. The van der Waals surface area contributed by atoms with E-state index >= 15 is 0 Å². The van der Waals surface area contributed by atoms with Crippen molar-refractivity contribution in [1.29, 1.82) is 0 Å². The van der Waals surface area contributed by atoms with E-state index in [9.17, 15) is 22.4 Å². The van der Waals surface area contributed by atoms with Crippen molar-refractivity contribution in [3.8, 4) is 0 Å². The molecule has 0 saturated carbocycles. The van der Waals surface area contributed by atoms with Gasteiger partial charge in [-0.25, -0.2) is 9.18 Å². The summed E-state index contributed by atoms with van der Waals surface area (Å²) in [4.78, 5) is 15.0. The molecule has 122 valence electrons. The van der Waals surface area contributed by atoms with E-state index in [2.05, 4.69) is 10.2 Å². The Morgan fingerprint density at radius 3 is 2.50 bits per heavy atom. The van der Waals surface area contributed by atoms with E-state index in [0.29, 0.717) is 12.8 Å². The lowest BCUT2D eigenvalue weighted by Crippen LogP contribution is -2.42. The monoisotopic (exact) mass is 340 g/mol. The molecule has 1 saturated heterocycles. The van der Waals surface area contributed by atoms with Crippen LogP contribution < -0.4 is 5.32 Å². The fraction of sp³-hybridized carbons (Fsp3) is 0.462. The van der Waals surface area contributed by atoms with Gasteiger partial charge in [0.15, 0.2) is 0 Å². The Morgan fingerprint density at radius 1 is 1.32 bits per heavy atom. The normalized spacial score (nSPS) is 17.3. The second-order valence-electron chi connectivity index (χ2n) is 4.85. The summed E-state index contributed by atoms with van der Waals surface area (Å²) in [6.07, 6.45) is -4.19. The standard InChI is InChI=1S/C13H13ClF4N2O2/c14-8-1-2-11(10(15)7-8)19-9-3-5-20(6-4-9)22-12(21)13(16,17)18/h1-2,7,9,19H,3-6H2. The lowest BCUT2D eigenvalue weighted by Gasteiger charge is -2.31. The zero-order chi connectivity index (χ0) is 16.3. The molecule has 0 atom stereocenters. The van der Waals surface area contributed by atoms with E-state index in [0.717, 1.165) is 5.06 Å². The Kier molecular flexibility index (Phi) is 5.12. The first-order chi connectivity index (χ1) is 10.3. The van der Waals surface area contributed by atoms with Gasteiger partial charge in [0.2, 0.25) is 0 Å². The molecule has 0 aliphatic carbocycles. The third-order valence-corrected chi connectivity index (χ3v) is 3.42. The molecule has 0 unspecified atom stereocenters. The fourth-order valence-corrected chi connectivity index (χ4v) is 2.25. The number of rotatable bonds is 3. The lowest BCUT2D eigenvalue weighted by atomic mass is 10.1. The molecular weight excluding hydrogens is 328 g/mol. The van der Waals surface area contributed by atoms with Gasteiger partial charge in [0, 0.05) is 24.2 Å². The molecule has 1 aromatic rings. The highest BCUT2D eigenvalue weighted by atomic mass is 35.5. The van der Waals surface area contributed by atoms with Crippen LogP contribution >= 0.6 is 11.6 Å². The van der Waals surface area contributed by atoms with Crippen LogP contribution in [0.3, 0.4) is 0 Å². The topological polar surface area (TPSA) is 41.6 Å². The van der Waals surface area contributed by atoms with Crippen molar-refractivity contribution in [3.63, 3.8) is 0 Å². The van der Waals surface area contributed by atoms with Crippen LogP contribution in [0, 0.1) is 5.82 Å². The molecule has 0 amide bonds. The molecule has 22 heavy (non-hydrogen) atoms. The molecule has 4 nitrogen and oxygen atoms in total. The first-order valence-corrected chi connectivity index (χ1v) is 6.89. The molecule has 1 aliphatic heterocycles. The van der Waals surface area contributed by atoms with Crippen LogP contribution in [0.2, 0.25) is 5.02 Å². The number of hydrogen-bond acceptors (Lipinski definition) is 4. The van der Waals surface area contributed by atoms with Gasteiger partial charge in [-0.1, -0.05) is 11.6 Å². The number of nitrogens with zero attached hydrogens (tertiary/aromatic N) is 1. The lowest BCUT2D eigenvalue weighted by molar-refractivity contribution is -0.241. The van der Waals surface area contributed by atoms with Crippen molar-refractivity contribution in [2.75, 3.05) is 18.4 Å². The first kappa shape index (κ1) is 16.8. The molecule has 0 spiro atoms. The number of carbonyl (C=O) groups is 1. The summed E-state index contributed by atoms with van der Waals surface area (Å²) in [5, 5.41) is 4.20. The SMILES string of the molecule is O=C(ON1CCC(Nc2ccc(Cl)cc2F)CC1)C(F)(F)F. The Balaban J connectivity index is 1.83. The summed E-state index contributed by atoms with van der Waals surface area (Å²) in [6, 6.07) is 4.07. The van der Waals surface area contributed by atoms with Crippen molar-refractivity contribution >= 4 is 23.3 Å². The number of carbonyl (C=O) groups excluding carboxylic acids is 1. The van der Waals surface area contributed by atoms with Crippen LogP contribution in [0.5, 0.6) is 0 Å². The molecule has 1 aromatic carbocycles. The molecule has 1 N–H and O–H groups in total. The Hall–Kier alpha value is -1.54. The summed E-state index contributed by atoms with van der Waals surface area (Å²) in [7, 11) is 0. The van der Waals surface area contributed by atoms with Crippen molar-refractivity contribution in [2.45, 2.75) is 25.1 Å². The highest BCUT2D eigenvalue weighted by Gasteiger charge is 2.42. The molecule has 9 heteroatoms. The summed E-state index contributed by atoms with van der Waals surface area (Å²) in [5.41, 5.74) is 0.273. The van der Waals surface area contributed by atoms with Gasteiger partial charge in [0.25, 0.3) is 0 Å². The van der Waals surface area contributed by atoms with Gasteiger partial charge in [0.05, 0.1) is 5.69 Å². The van der Waals surface area contributed by atoms with E-state index in [1.165, 1.54) is 18.2 Å². The zero-order valence-electron chi connectivity index (χ0n) is 11.3. The van der Waals surface area contributed by atoms with Gasteiger partial charge >= 0.3 is 12.1 Å². The Bertz CT molecular complexity index is 545. The quantitative estimate of drug-likeness (QED) is 0.857. The largest absolute Gasteiger partial charge is 0.492 e. The van der Waals surface area contributed by atoms with Crippen molar-refractivity contribution in [3.05, 3.63) is 29.0 Å². The van der Waals surface area contributed by atoms with E-state index in [-0.39, 0.29) is 29.8 Å². The minimum Gasteiger partial charge on any atom is -0.380 e. The maximum Gasteiger partial charge on any atom is 0.492 e. The second-order valence-corrected chi connectivity index (χ2v) is 5.28. The average Bonchev–Trinajstić information content (AvgIpc) is 2.43. The van der Waals surface area contributed by atoms with Gasteiger partial charge in [-0.3, -0.25) is 0 Å². The number of alkyl halides is 3. The van der Waals surface area contributed by atoms with Crippen LogP contribution in [-0.4, -0.2) is 36.3 Å². The van der Waals surface area contributed by atoms with Gasteiger partial charge in [-0.2, -0.15) is 13.2 Å².